The first-order chi connectivity index (χ1) is 8.50. The number of hydrogen-bond donors (Lipinski definition) is 3. The van der Waals surface area contributed by atoms with Crippen LogP contribution < -0.4 is 11.1 Å². The van der Waals surface area contributed by atoms with Crippen LogP contribution in [-0.2, 0) is 4.74 Å². The Balaban J connectivity index is 2.26. The standard InChI is InChI=1S/C11H13BrF2N2O2/c12-5-3-6(15)11(10(14)9(5)13)16-7-4-18-2-1-8(7)17/h3,7-8,16-17H,1-2,4,15H2/t7-,8-/m0/s1. The van der Waals surface area contributed by atoms with Gasteiger partial charge in [0.25, 0.3) is 0 Å². The molecule has 1 saturated heterocycles. The van der Waals surface area contributed by atoms with E-state index in [1.165, 1.54) is 6.07 Å². The van der Waals surface area contributed by atoms with Crippen molar-refractivity contribution in [2.24, 2.45) is 0 Å². The van der Waals surface area contributed by atoms with Crippen molar-refractivity contribution in [3.8, 4) is 0 Å². The number of nitrogens with one attached hydrogen (secondary N) is 1. The third kappa shape index (κ3) is 2.57. The zero-order valence-electron chi connectivity index (χ0n) is 9.42. The number of halogens is 3. The summed E-state index contributed by atoms with van der Waals surface area (Å²) < 4.78 is 32.3. The first kappa shape index (κ1) is 13.5. The number of nitrogen functional groups attached to an aromatic ring is 1. The number of benzene rings is 1. The summed E-state index contributed by atoms with van der Waals surface area (Å²) in [6.07, 6.45) is -0.234. The van der Waals surface area contributed by atoms with Crippen LogP contribution in [0, 0.1) is 11.6 Å². The van der Waals surface area contributed by atoms with Gasteiger partial charge in [-0.25, -0.2) is 8.78 Å². The van der Waals surface area contributed by atoms with Crippen LogP contribution in [0.25, 0.3) is 0 Å². The van der Waals surface area contributed by atoms with Gasteiger partial charge in [-0.05, 0) is 28.4 Å². The Bertz CT molecular complexity index is 459. The van der Waals surface area contributed by atoms with E-state index in [4.69, 9.17) is 10.5 Å². The molecule has 0 spiro atoms. The molecule has 1 aliphatic rings. The second kappa shape index (κ2) is 5.38. The number of aliphatic hydroxyl groups is 1. The van der Waals surface area contributed by atoms with Crippen LogP contribution in [-0.4, -0.2) is 30.5 Å². The molecule has 4 N–H and O–H groups in total. The molecule has 2 atom stereocenters. The van der Waals surface area contributed by atoms with Crippen molar-refractivity contribution in [1.29, 1.82) is 0 Å². The molecule has 1 aromatic carbocycles. The monoisotopic (exact) mass is 322 g/mol. The first-order valence-corrected chi connectivity index (χ1v) is 6.25. The fourth-order valence-corrected chi connectivity index (χ4v) is 2.23. The van der Waals surface area contributed by atoms with E-state index in [1.807, 2.05) is 0 Å². The summed E-state index contributed by atoms with van der Waals surface area (Å²) in [5.41, 5.74) is 5.55. The molecule has 0 radical (unpaired) electrons. The molecule has 0 amide bonds. The van der Waals surface area contributed by atoms with Crippen molar-refractivity contribution in [2.45, 2.75) is 18.6 Å². The van der Waals surface area contributed by atoms with Crippen LogP contribution in [0.5, 0.6) is 0 Å². The van der Waals surface area contributed by atoms with E-state index in [-0.39, 0.29) is 22.5 Å². The van der Waals surface area contributed by atoms with Gasteiger partial charge >= 0.3 is 0 Å². The topological polar surface area (TPSA) is 67.5 Å². The second-order valence-electron chi connectivity index (χ2n) is 4.13. The maximum Gasteiger partial charge on any atom is 0.185 e. The Hall–Kier alpha value is -0.920. The smallest absolute Gasteiger partial charge is 0.185 e. The summed E-state index contributed by atoms with van der Waals surface area (Å²) in [4.78, 5) is 0. The zero-order valence-corrected chi connectivity index (χ0v) is 11.0. The number of anilines is 2. The molecule has 7 heteroatoms. The number of aliphatic hydroxyl groups excluding tert-OH is 1. The lowest BCUT2D eigenvalue weighted by Crippen LogP contribution is -2.42. The molecule has 0 bridgehead atoms. The molecule has 0 aromatic heterocycles. The summed E-state index contributed by atoms with van der Waals surface area (Å²) in [6, 6.07) is 0.771. The molecule has 1 fully saturated rings. The van der Waals surface area contributed by atoms with Crippen molar-refractivity contribution in [3.63, 3.8) is 0 Å². The molecule has 4 nitrogen and oxygen atoms in total. The van der Waals surface area contributed by atoms with Gasteiger partial charge in [-0.1, -0.05) is 0 Å². The lowest BCUT2D eigenvalue weighted by Gasteiger charge is -2.29. The number of rotatable bonds is 2. The number of nitrogens with two attached hydrogens (primary N) is 1. The van der Waals surface area contributed by atoms with Crippen molar-refractivity contribution in [1.82, 2.24) is 0 Å². The van der Waals surface area contributed by atoms with Crippen LogP contribution in [0.15, 0.2) is 10.5 Å². The van der Waals surface area contributed by atoms with Gasteiger partial charge in [0, 0.05) is 6.61 Å². The van der Waals surface area contributed by atoms with Crippen LogP contribution in [0.2, 0.25) is 0 Å². The average Bonchev–Trinajstić information content (AvgIpc) is 2.34. The quantitative estimate of drug-likeness (QED) is 0.574. The predicted octanol–water partition coefficient (Wildman–Crippen LogP) is 1.87. The third-order valence-electron chi connectivity index (χ3n) is 2.84. The van der Waals surface area contributed by atoms with Gasteiger partial charge in [-0.15, -0.1) is 0 Å². The van der Waals surface area contributed by atoms with Gasteiger partial charge in [-0.3, -0.25) is 0 Å². The number of hydrogen-bond acceptors (Lipinski definition) is 4. The Morgan fingerprint density at radius 2 is 2.17 bits per heavy atom. The summed E-state index contributed by atoms with van der Waals surface area (Å²) in [5.74, 6) is -2.09. The summed E-state index contributed by atoms with van der Waals surface area (Å²) in [5, 5.41) is 12.4. The highest BCUT2D eigenvalue weighted by Gasteiger charge is 2.26. The number of ether oxygens (including phenoxy) is 1. The van der Waals surface area contributed by atoms with E-state index >= 15 is 0 Å². The summed E-state index contributed by atoms with van der Waals surface area (Å²) in [6.45, 7) is 0.670. The molecular formula is C11H13BrF2N2O2. The van der Waals surface area contributed by atoms with Gasteiger partial charge in [0.05, 0.1) is 34.6 Å². The third-order valence-corrected chi connectivity index (χ3v) is 3.42. The fraction of sp³-hybridized carbons (Fsp3) is 0.455. The van der Waals surface area contributed by atoms with E-state index < -0.39 is 23.8 Å². The van der Waals surface area contributed by atoms with Crippen molar-refractivity contribution >= 4 is 27.3 Å². The molecule has 1 aromatic rings. The van der Waals surface area contributed by atoms with Gasteiger partial charge in [0.1, 0.15) is 0 Å². The average molecular weight is 323 g/mol. The fourth-order valence-electron chi connectivity index (χ4n) is 1.81. The van der Waals surface area contributed by atoms with Crippen molar-refractivity contribution in [3.05, 3.63) is 22.2 Å². The van der Waals surface area contributed by atoms with Crippen LogP contribution in [0.4, 0.5) is 20.2 Å². The Kier molecular flexibility index (Phi) is 4.04. The van der Waals surface area contributed by atoms with Gasteiger partial charge in [0.15, 0.2) is 11.6 Å². The molecule has 0 unspecified atom stereocenters. The maximum atomic E-state index is 13.7. The minimum atomic E-state index is -1.07. The normalized spacial score (nSPS) is 24.0. The highest BCUT2D eigenvalue weighted by atomic mass is 79.9. The zero-order chi connectivity index (χ0) is 13.3. The highest BCUT2D eigenvalue weighted by molar-refractivity contribution is 9.10. The molecule has 2 rings (SSSR count). The Morgan fingerprint density at radius 3 is 2.83 bits per heavy atom. The highest BCUT2D eigenvalue weighted by Crippen LogP contribution is 2.31. The molecule has 1 aliphatic heterocycles. The van der Waals surface area contributed by atoms with E-state index in [1.54, 1.807) is 0 Å². The molecule has 0 saturated carbocycles. The van der Waals surface area contributed by atoms with Gasteiger partial charge < -0.3 is 20.9 Å². The summed E-state index contributed by atoms with van der Waals surface area (Å²) in [7, 11) is 0. The van der Waals surface area contributed by atoms with E-state index in [9.17, 15) is 13.9 Å². The molecule has 100 valence electrons. The Morgan fingerprint density at radius 1 is 1.44 bits per heavy atom. The van der Waals surface area contributed by atoms with E-state index in [0.717, 1.165) is 0 Å². The molecular weight excluding hydrogens is 310 g/mol. The largest absolute Gasteiger partial charge is 0.397 e. The van der Waals surface area contributed by atoms with Gasteiger partial charge in [0.2, 0.25) is 0 Å². The van der Waals surface area contributed by atoms with Crippen LogP contribution in [0.1, 0.15) is 6.42 Å². The minimum Gasteiger partial charge on any atom is -0.397 e. The van der Waals surface area contributed by atoms with Gasteiger partial charge in [-0.2, -0.15) is 0 Å². The van der Waals surface area contributed by atoms with Crippen LogP contribution >= 0.6 is 15.9 Å². The van der Waals surface area contributed by atoms with Crippen molar-refractivity contribution in [2.75, 3.05) is 24.3 Å². The SMILES string of the molecule is Nc1cc(Br)c(F)c(F)c1N[C@H]1COCC[C@@H]1O. The second-order valence-corrected chi connectivity index (χ2v) is 4.99. The van der Waals surface area contributed by atoms with Crippen LogP contribution in [0.3, 0.4) is 0 Å². The molecule has 0 aliphatic carbocycles. The molecule has 18 heavy (non-hydrogen) atoms. The van der Waals surface area contributed by atoms with E-state index in [0.29, 0.717) is 13.0 Å². The van der Waals surface area contributed by atoms with E-state index in [2.05, 4.69) is 21.2 Å². The summed E-state index contributed by atoms with van der Waals surface area (Å²) >= 11 is 2.87. The Labute approximate surface area is 111 Å². The predicted molar refractivity (Wildman–Crippen MR) is 67.3 cm³/mol. The minimum absolute atomic E-state index is 0.0384. The maximum absolute atomic E-state index is 13.7. The lowest BCUT2D eigenvalue weighted by atomic mass is 10.1. The molecule has 1 heterocycles. The lowest BCUT2D eigenvalue weighted by molar-refractivity contribution is 0.00308. The van der Waals surface area contributed by atoms with Crippen molar-refractivity contribution < 1.29 is 18.6 Å². The first-order valence-electron chi connectivity index (χ1n) is 5.46.